The summed E-state index contributed by atoms with van der Waals surface area (Å²) in [6.45, 7) is 0. The SMILES string of the molecule is C#Cc1c(/C=C2/C=CC=CC2)c(-c2c3ccccc3c(-c3ccc4oc5ccccc5c4c3)c3ccccc23)cc2c1CC=C2. The standard InChI is InChI=1S/C44H28O/c1-2-31-32-21-12-15-29(32)26-40(38(31)25-28-13-4-3-5-14-28)44-36-19-8-6-17-34(36)43(35-18-7-9-20-37(35)44)30-23-24-42-39(27-30)33-16-10-11-22-41(33)45-42/h1,3-13,15-20,22-27H,14,21H2/b28-25-. The predicted octanol–water partition coefficient (Wildman–Crippen LogP) is 11.7. The number of terminal acetylenes is 1. The minimum absolute atomic E-state index is 0.868. The monoisotopic (exact) mass is 572 g/mol. The van der Waals surface area contributed by atoms with E-state index >= 15 is 0 Å². The molecule has 0 atom stereocenters. The van der Waals surface area contributed by atoms with E-state index in [1.54, 1.807) is 0 Å². The third kappa shape index (κ3) is 3.97. The van der Waals surface area contributed by atoms with Gasteiger partial charge in [-0.1, -0.05) is 115 Å². The number of fused-ring (bicyclic) bond motifs is 6. The smallest absolute Gasteiger partial charge is 0.135 e. The van der Waals surface area contributed by atoms with Gasteiger partial charge in [0.15, 0.2) is 0 Å². The predicted molar refractivity (Wildman–Crippen MR) is 191 cm³/mol. The van der Waals surface area contributed by atoms with Crippen LogP contribution < -0.4 is 0 Å². The number of para-hydroxylation sites is 1. The zero-order valence-electron chi connectivity index (χ0n) is 24.7. The van der Waals surface area contributed by atoms with Crippen molar-refractivity contribution >= 4 is 55.6 Å². The highest BCUT2D eigenvalue weighted by atomic mass is 16.3. The third-order valence-electron chi connectivity index (χ3n) is 9.38. The van der Waals surface area contributed by atoms with Crippen LogP contribution in [0.25, 0.3) is 77.9 Å². The summed E-state index contributed by atoms with van der Waals surface area (Å²) in [4.78, 5) is 0. The molecule has 2 aliphatic carbocycles. The topological polar surface area (TPSA) is 13.1 Å². The number of hydrogen-bond acceptors (Lipinski definition) is 1. The molecule has 45 heavy (non-hydrogen) atoms. The van der Waals surface area contributed by atoms with Gasteiger partial charge in [-0.2, -0.15) is 0 Å². The molecule has 0 amide bonds. The molecule has 1 nitrogen and oxygen atoms in total. The highest BCUT2D eigenvalue weighted by Gasteiger charge is 2.23. The van der Waals surface area contributed by atoms with Gasteiger partial charge >= 0.3 is 0 Å². The van der Waals surface area contributed by atoms with E-state index < -0.39 is 0 Å². The van der Waals surface area contributed by atoms with Crippen LogP contribution in [0.15, 0.2) is 137 Å². The van der Waals surface area contributed by atoms with E-state index in [9.17, 15) is 0 Å². The van der Waals surface area contributed by atoms with Crippen LogP contribution in [0.3, 0.4) is 0 Å². The van der Waals surface area contributed by atoms with Crippen molar-refractivity contribution in [2.24, 2.45) is 0 Å². The molecule has 210 valence electrons. The van der Waals surface area contributed by atoms with Gasteiger partial charge in [-0.15, -0.1) is 6.42 Å². The summed E-state index contributed by atoms with van der Waals surface area (Å²) in [5.74, 6) is 3.12. The van der Waals surface area contributed by atoms with E-state index in [1.807, 2.05) is 12.1 Å². The Hall–Kier alpha value is -5.84. The first-order valence-corrected chi connectivity index (χ1v) is 15.5. The lowest BCUT2D eigenvalue weighted by Crippen LogP contribution is -1.99. The van der Waals surface area contributed by atoms with Gasteiger partial charge in [0, 0.05) is 16.3 Å². The Kier molecular flexibility index (Phi) is 5.77. The third-order valence-corrected chi connectivity index (χ3v) is 9.38. The van der Waals surface area contributed by atoms with Crippen molar-refractivity contribution in [2.45, 2.75) is 12.8 Å². The molecule has 0 N–H and O–H groups in total. The van der Waals surface area contributed by atoms with Crippen molar-refractivity contribution in [3.8, 4) is 34.6 Å². The molecule has 1 aromatic heterocycles. The van der Waals surface area contributed by atoms with Crippen molar-refractivity contribution in [3.63, 3.8) is 0 Å². The average molecular weight is 573 g/mol. The van der Waals surface area contributed by atoms with Gasteiger partial charge in [0.25, 0.3) is 0 Å². The first-order valence-electron chi connectivity index (χ1n) is 15.5. The van der Waals surface area contributed by atoms with Gasteiger partial charge in [-0.25, -0.2) is 0 Å². The summed E-state index contributed by atoms with van der Waals surface area (Å²) in [6, 6.07) is 34.9. The molecule has 7 aromatic rings. The van der Waals surface area contributed by atoms with E-state index in [-0.39, 0.29) is 0 Å². The van der Waals surface area contributed by atoms with E-state index in [0.29, 0.717) is 0 Å². The molecule has 6 aromatic carbocycles. The molecule has 0 spiro atoms. The van der Waals surface area contributed by atoms with Crippen LogP contribution in [0.5, 0.6) is 0 Å². The van der Waals surface area contributed by atoms with Crippen molar-refractivity contribution < 1.29 is 4.42 Å². The molecular weight excluding hydrogens is 544 g/mol. The van der Waals surface area contributed by atoms with Gasteiger partial charge in [0.1, 0.15) is 11.2 Å². The molecule has 0 fully saturated rings. The quantitative estimate of drug-likeness (QED) is 0.152. The van der Waals surface area contributed by atoms with E-state index in [2.05, 4.69) is 133 Å². The number of furan rings is 1. The number of rotatable bonds is 3. The van der Waals surface area contributed by atoms with Crippen LogP contribution in [-0.2, 0) is 6.42 Å². The lowest BCUT2D eigenvalue weighted by molar-refractivity contribution is 0.669. The fraction of sp³-hybridized carbons (Fsp3) is 0.0455. The summed E-state index contributed by atoms with van der Waals surface area (Å²) >= 11 is 0. The molecule has 0 radical (unpaired) electrons. The second-order valence-electron chi connectivity index (χ2n) is 11.9. The maximum Gasteiger partial charge on any atom is 0.135 e. The Morgan fingerprint density at radius 1 is 0.622 bits per heavy atom. The Morgan fingerprint density at radius 3 is 2.02 bits per heavy atom. The number of allylic oxidation sites excluding steroid dienone is 6. The van der Waals surface area contributed by atoms with Crippen molar-refractivity contribution in [1.29, 1.82) is 0 Å². The first kappa shape index (κ1) is 25.6. The van der Waals surface area contributed by atoms with Crippen LogP contribution in [0, 0.1) is 12.3 Å². The molecule has 1 heteroatoms. The summed E-state index contributed by atoms with van der Waals surface area (Å²) in [5.41, 5.74) is 12.5. The molecule has 2 aliphatic rings. The molecular formula is C44H28O. The minimum atomic E-state index is 0.868. The zero-order chi connectivity index (χ0) is 29.9. The van der Waals surface area contributed by atoms with Gasteiger partial charge in [0.2, 0.25) is 0 Å². The Labute approximate surface area is 262 Å². The Bertz CT molecular complexity index is 2480. The molecule has 9 rings (SSSR count). The van der Waals surface area contributed by atoms with Crippen LogP contribution >= 0.6 is 0 Å². The molecule has 0 saturated heterocycles. The van der Waals surface area contributed by atoms with Crippen molar-refractivity contribution in [2.75, 3.05) is 0 Å². The normalized spacial score (nSPS) is 14.7. The first-order chi connectivity index (χ1) is 22.3. The second-order valence-corrected chi connectivity index (χ2v) is 11.9. The van der Waals surface area contributed by atoms with Gasteiger partial charge in [0.05, 0.1) is 0 Å². The Morgan fingerprint density at radius 2 is 1.31 bits per heavy atom. The van der Waals surface area contributed by atoms with E-state index in [0.717, 1.165) is 45.9 Å². The number of benzene rings is 6. The fourth-order valence-corrected chi connectivity index (χ4v) is 7.39. The van der Waals surface area contributed by atoms with Crippen molar-refractivity contribution in [1.82, 2.24) is 0 Å². The van der Waals surface area contributed by atoms with Crippen molar-refractivity contribution in [3.05, 3.63) is 155 Å². The molecule has 0 aliphatic heterocycles. The number of hydrogen-bond donors (Lipinski definition) is 0. The largest absolute Gasteiger partial charge is 0.456 e. The van der Waals surface area contributed by atoms with Crippen LogP contribution in [-0.4, -0.2) is 0 Å². The molecule has 0 bridgehead atoms. The van der Waals surface area contributed by atoms with Crippen LogP contribution in [0.4, 0.5) is 0 Å². The average Bonchev–Trinajstić information content (AvgIpc) is 3.72. The van der Waals surface area contributed by atoms with E-state index in [4.69, 9.17) is 10.8 Å². The van der Waals surface area contributed by atoms with Crippen LogP contribution in [0.1, 0.15) is 28.7 Å². The second kappa shape index (κ2) is 10.1. The summed E-state index contributed by atoms with van der Waals surface area (Å²) < 4.78 is 6.19. The van der Waals surface area contributed by atoms with Gasteiger partial charge in [-0.3, -0.25) is 0 Å². The molecule has 0 saturated carbocycles. The summed E-state index contributed by atoms with van der Waals surface area (Å²) in [6.07, 6.45) is 23.5. The zero-order valence-corrected chi connectivity index (χ0v) is 24.7. The van der Waals surface area contributed by atoms with Gasteiger partial charge in [-0.05, 0) is 109 Å². The van der Waals surface area contributed by atoms with Gasteiger partial charge < -0.3 is 4.42 Å². The lowest BCUT2D eigenvalue weighted by atomic mass is 9.81. The maximum absolute atomic E-state index is 6.33. The maximum atomic E-state index is 6.33. The van der Waals surface area contributed by atoms with E-state index in [1.165, 1.54) is 60.5 Å². The minimum Gasteiger partial charge on any atom is -0.456 e. The molecule has 0 unspecified atom stereocenters. The fourth-order valence-electron chi connectivity index (χ4n) is 7.39. The highest BCUT2D eigenvalue weighted by Crippen LogP contribution is 2.47. The summed E-state index contributed by atoms with van der Waals surface area (Å²) in [7, 11) is 0. The lowest BCUT2D eigenvalue weighted by Gasteiger charge is -2.21. The summed E-state index contributed by atoms with van der Waals surface area (Å²) in [5, 5.41) is 7.13. The van der Waals surface area contributed by atoms with Crippen LogP contribution in [0.2, 0.25) is 0 Å². The molecule has 1 heterocycles. The highest BCUT2D eigenvalue weighted by molar-refractivity contribution is 6.23. The Balaban J connectivity index is 1.40.